The van der Waals surface area contributed by atoms with Crippen molar-refractivity contribution in [3.8, 4) is 22.8 Å². The summed E-state index contributed by atoms with van der Waals surface area (Å²) in [6.07, 6.45) is 7.51. The first-order chi connectivity index (χ1) is 12.9. The van der Waals surface area contributed by atoms with Crippen molar-refractivity contribution in [2.45, 2.75) is 31.8 Å². The van der Waals surface area contributed by atoms with Gasteiger partial charge < -0.3 is 9.47 Å². The number of thiazole rings is 1. The second kappa shape index (κ2) is 6.74. The van der Waals surface area contributed by atoms with Gasteiger partial charge in [0.2, 0.25) is 6.79 Å². The molecule has 2 aliphatic heterocycles. The Bertz CT molecular complexity index is 893. The van der Waals surface area contributed by atoms with Gasteiger partial charge >= 0.3 is 0 Å². The van der Waals surface area contributed by atoms with E-state index in [2.05, 4.69) is 31.5 Å². The third-order valence-electron chi connectivity index (χ3n) is 5.10. The fourth-order valence-electron chi connectivity index (χ4n) is 3.81. The lowest BCUT2D eigenvalue weighted by Crippen LogP contribution is -2.32. The lowest BCUT2D eigenvalue weighted by molar-refractivity contribution is 0.140. The molecule has 0 saturated carbocycles. The zero-order valence-electron chi connectivity index (χ0n) is 14.4. The molecule has 3 aromatic rings. The molecule has 0 spiro atoms. The average molecular weight is 368 g/mol. The maximum Gasteiger partial charge on any atom is 0.231 e. The average Bonchev–Trinajstić information content (AvgIpc) is 3.43. The number of H-pyrrole nitrogens is 1. The minimum Gasteiger partial charge on any atom is -0.454 e. The molecule has 2 aliphatic rings. The Kier molecular flexibility index (Phi) is 4.10. The first kappa shape index (κ1) is 15.8. The Hall–Kier alpha value is -2.38. The second-order valence-corrected chi connectivity index (χ2v) is 7.62. The largest absolute Gasteiger partial charge is 0.454 e. The zero-order chi connectivity index (χ0) is 17.3. The SMILES string of the molecule is c1csc(C2CCCCN2Cc2cn[nH]c2-c2ccc3c(c2)OCO3)n1. The molecule has 1 unspecified atom stereocenters. The molecule has 1 saturated heterocycles. The van der Waals surface area contributed by atoms with Crippen LogP contribution in [0.15, 0.2) is 36.0 Å². The van der Waals surface area contributed by atoms with Crippen molar-refractivity contribution in [3.63, 3.8) is 0 Å². The molecule has 7 heteroatoms. The van der Waals surface area contributed by atoms with E-state index in [0.717, 1.165) is 35.8 Å². The van der Waals surface area contributed by atoms with Gasteiger partial charge in [0.25, 0.3) is 0 Å². The third kappa shape index (κ3) is 2.87. The van der Waals surface area contributed by atoms with Crippen molar-refractivity contribution < 1.29 is 9.47 Å². The molecule has 1 aromatic carbocycles. The van der Waals surface area contributed by atoms with Crippen molar-refractivity contribution in [1.29, 1.82) is 0 Å². The molecule has 134 valence electrons. The van der Waals surface area contributed by atoms with Gasteiger partial charge in [-0.15, -0.1) is 11.3 Å². The fraction of sp³-hybridized carbons (Fsp3) is 0.368. The van der Waals surface area contributed by atoms with Gasteiger partial charge in [0.05, 0.1) is 17.9 Å². The van der Waals surface area contributed by atoms with Gasteiger partial charge in [-0.1, -0.05) is 6.42 Å². The summed E-state index contributed by atoms with van der Waals surface area (Å²) in [4.78, 5) is 7.09. The van der Waals surface area contributed by atoms with Gasteiger partial charge in [0.1, 0.15) is 5.01 Å². The number of benzene rings is 1. The number of aromatic nitrogens is 3. The van der Waals surface area contributed by atoms with E-state index in [-0.39, 0.29) is 6.79 Å². The number of likely N-dealkylation sites (tertiary alicyclic amines) is 1. The van der Waals surface area contributed by atoms with Crippen LogP contribution in [0.4, 0.5) is 0 Å². The number of fused-ring (bicyclic) bond motifs is 1. The molecule has 0 aliphatic carbocycles. The van der Waals surface area contributed by atoms with E-state index >= 15 is 0 Å². The van der Waals surface area contributed by atoms with Crippen LogP contribution in [0.1, 0.15) is 35.9 Å². The van der Waals surface area contributed by atoms with Crippen molar-refractivity contribution in [3.05, 3.63) is 46.5 Å². The van der Waals surface area contributed by atoms with Crippen LogP contribution in [0.2, 0.25) is 0 Å². The Balaban J connectivity index is 1.42. The standard InChI is InChI=1S/C19H20N4O2S/c1-2-7-23(15(3-1)19-20-6-8-26-19)11-14-10-21-22-18(14)13-4-5-16-17(9-13)25-12-24-16/h4-6,8-10,15H,1-3,7,11-12H2,(H,21,22). The van der Waals surface area contributed by atoms with Crippen LogP contribution < -0.4 is 9.47 Å². The summed E-state index contributed by atoms with van der Waals surface area (Å²) in [7, 11) is 0. The van der Waals surface area contributed by atoms with E-state index in [1.165, 1.54) is 29.8 Å². The van der Waals surface area contributed by atoms with Crippen LogP contribution in [0.25, 0.3) is 11.3 Å². The lowest BCUT2D eigenvalue weighted by atomic mass is 10.0. The highest BCUT2D eigenvalue weighted by Gasteiger charge is 2.27. The molecule has 26 heavy (non-hydrogen) atoms. The number of piperidine rings is 1. The van der Waals surface area contributed by atoms with Gasteiger partial charge in [0.15, 0.2) is 11.5 Å². The molecule has 1 atom stereocenters. The molecule has 0 bridgehead atoms. The summed E-state index contributed by atoms with van der Waals surface area (Å²) in [5.41, 5.74) is 3.32. The number of rotatable bonds is 4. The van der Waals surface area contributed by atoms with E-state index in [9.17, 15) is 0 Å². The van der Waals surface area contributed by atoms with Gasteiger partial charge in [-0.3, -0.25) is 10.00 Å². The van der Waals surface area contributed by atoms with Gasteiger partial charge in [-0.25, -0.2) is 4.98 Å². The molecule has 0 amide bonds. The smallest absolute Gasteiger partial charge is 0.231 e. The first-order valence-electron chi connectivity index (χ1n) is 8.94. The van der Waals surface area contributed by atoms with Crippen molar-refractivity contribution in [2.24, 2.45) is 0 Å². The number of nitrogens with zero attached hydrogens (tertiary/aromatic N) is 3. The highest BCUT2D eigenvalue weighted by Crippen LogP contribution is 2.38. The summed E-state index contributed by atoms with van der Waals surface area (Å²) in [6.45, 7) is 2.25. The second-order valence-electron chi connectivity index (χ2n) is 6.69. The predicted molar refractivity (Wildman–Crippen MR) is 99.3 cm³/mol. The molecule has 1 N–H and O–H groups in total. The van der Waals surface area contributed by atoms with E-state index in [1.807, 2.05) is 24.5 Å². The number of hydrogen-bond acceptors (Lipinski definition) is 6. The molecule has 4 heterocycles. The maximum absolute atomic E-state index is 5.52. The van der Waals surface area contributed by atoms with Crippen LogP contribution in [0.3, 0.4) is 0 Å². The summed E-state index contributed by atoms with van der Waals surface area (Å²) >= 11 is 1.75. The van der Waals surface area contributed by atoms with Gasteiger partial charge in [-0.05, 0) is 37.6 Å². The Morgan fingerprint density at radius 1 is 1.23 bits per heavy atom. The minimum atomic E-state index is 0.290. The lowest BCUT2D eigenvalue weighted by Gasteiger charge is -2.34. The van der Waals surface area contributed by atoms with E-state index < -0.39 is 0 Å². The molecule has 6 nitrogen and oxygen atoms in total. The van der Waals surface area contributed by atoms with Crippen molar-refractivity contribution in [1.82, 2.24) is 20.1 Å². The summed E-state index contributed by atoms with van der Waals surface area (Å²) in [5, 5.41) is 10.8. The Morgan fingerprint density at radius 2 is 2.19 bits per heavy atom. The number of aromatic amines is 1. The van der Waals surface area contributed by atoms with Gasteiger partial charge in [-0.2, -0.15) is 5.10 Å². The number of ether oxygens (including phenoxy) is 2. The number of nitrogens with one attached hydrogen (secondary N) is 1. The molecule has 1 fully saturated rings. The molecule has 0 radical (unpaired) electrons. The molecular formula is C19H20N4O2S. The summed E-state index contributed by atoms with van der Waals surface area (Å²) < 4.78 is 10.9. The normalized spacial score (nSPS) is 19.8. The highest BCUT2D eigenvalue weighted by molar-refractivity contribution is 7.09. The highest BCUT2D eigenvalue weighted by atomic mass is 32.1. The van der Waals surface area contributed by atoms with Crippen LogP contribution >= 0.6 is 11.3 Å². The molecule has 5 rings (SSSR count). The summed E-state index contributed by atoms with van der Waals surface area (Å²) in [6, 6.07) is 6.44. The quantitative estimate of drug-likeness (QED) is 0.754. The maximum atomic E-state index is 5.52. The van der Waals surface area contributed by atoms with Crippen molar-refractivity contribution >= 4 is 11.3 Å². The topological polar surface area (TPSA) is 63.3 Å². The molecule has 2 aromatic heterocycles. The Morgan fingerprint density at radius 3 is 3.12 bits per heavy atom. The third-order valence-corrected chi connectivity index (χ3v) is 5.98. The fourth-order valence-corrected chi connectivity index (χ4v) is 4.62. The van der Waals surface area contributed by atoms with Crippen LogP contribution in [0.5, 0.6) is 11.5 Å². The molecular weight excluding hydrogens is 348 g/mol. The Labute approximate surface area is 155 Å². The van der Waals surface area contributed by atoms with Crippen LogP contribution in [-0.2, 0) is 6.54 Å². The first-order valence-corrected chi connectivity index (χ1v) is 9.82. The number of hydrogen-bond donors (Lipinski definition) is 1. The monoisotopic (exact) mass is 368 g/mol. The van der Waals surface area contributed by atoms with Gasteiger partial charge in [0, 0.05) is 29.2 Å². The van der Waals surface area contributed by atoms with Crippen molar-refractivity contribution in [2.75, 3.05) is 13.3 Å². The zero-order valence-corrected chi connectivity index (χ0v) is 15.2. The van der Waals surface area contributed by atoms with E-state index in [4.69, 9.17) is 9.47 Å². The van der Waals surface area contributed by atoms with Crippen LogP contribution in [0, 0.1) is 0 Å². The van der Waals surface area contributed by atoms with E-state index in [1.54, 1.807) is 11.3 Å². The summed E-state index contributed by atoms with van der Waals surface area (Å²) in [5.74, 6) is 1.59. The van der Waals surface area contributed by atoms with Crippen LogP contribution in [-0.4, -0.2) is 33.4 Å². The van der Waals surface area contributed by atoms with E-state index in [0.29, 0.717) is 6.04 Å². The predicted octanol–water partition coefficient (Wildman–Crippen LogP) is 3.99. The minimum absolute atomic E-state index is 0.290.